The first-order valence-corrected chi connectivity index (χ1v) is 8.41. The summed E-state index contributed by atoms with van der Waals surface area (Å²) in [5.41, 5.74) is -0.606. The van der Waals surface area contributed by atoms with Crippen molar-refractivity contribution in [3.63, 3.8) is 0 Å². The molecule has 1 amide bonds. The third kappa shape index (κ3) is 10.1. The molecule has 0 radical (unpaired) electrons. The summed E-state index contributed by atoms with van der Waals surface area (Å²) in [7, 11) is 1.91. The second-order valence-electron chi connectivity index (χ2n) is 7.49. The Hall–Kier alpha value is -0.650. The zero-order chi connectivity index (χ0) is 17.2. The van der Waals surface area contributed by atoms with E-state index in [-0.39, 0.29) is 11.5 Å². The lowest BCUT2D eigenvalue weighted by Crippen LogP contribution is -2.41. The first kappa shape index (κ1) is 21.4. The predicted molar refractivity (Wildman–Crippen MR) is 93.1 cm³/mol. The summed E-state index contributed by atoms with van der Waals surface area (Å²) in [6.45, 7) is 15.3. The van der Waals surface area contributed by atoms with Crippen LogP contribution in [0.3, 0.4) is 0 Å². The van der Waals surface area contributed by atoms with Gasteiger partial charge in [-0.3, -0.25) is 4.79 Å². The Bertz CT molecular complexity index is 315. The molecule has 3 N–H and O–H groups in total. The number of amides is 1. The molecule has 0 aromatic carbocycles. The first-order valence-electron chi connectivity index (χ1n) is 8.41. The van der Waals surface area contributed by atoms with Crippen molar-refractivity contribution in [3.05, 3.63) is 0 Å². The second kappa shape index (κ2) is 10.2. The minimum absolute atomic E-state index is 0.104. The summed E-state index contributed by atoms with van der Waals surface area (Å²) >= 11 is 0. The van der Waals surface area contributed by atoms with Crippen LogP contribution < -0.4 is 16.0 Å². The summed E-state index contributed by atoms with van der Waals surface area (Å²) in [5, 5.41) is 9.48. The van der Waals surface area contributed by atoms with Crippen LogP contribution in [0.1, 0.15) is 54.4 Å². The molecule has 0 atom stereocenters. The maximum atomic E-state index is 12.2. The van der Waals surface area contributed by atoms with Gasteiger partial charge in [0.1, 0.15) is 0 Å². The monoisotopic (exact) mass is 315 g/mol. The molecule has 5 heteroatoms. The minimum Gasteiger partial charge on any atom is -0.374 e. The van der Waals surface area contributed by atoms with Gasteiger partial charge in [0.2, 0.25) is 5.91 Å². The fourth-order valence-electron chi connectivity index (χ4n) is 2.09. The van der Waals surface area contributed by atoms with E-state index in [4.69, 9.17) is 4.74 Å². The molecule has 0 heterocycles. The van der Waals surface area contributed by atoms with Crippen LogP contribution in [0.5, 0.6) is 0 Å². The lowest BCUT2D eigenvalue weighted by atomic mass is 9.88. The molecular formula is C17H37N3O2. The van der Waals surface area contributed by atoms with Gasteiger partial charge in [-0.15, -0.1) is 0 Å². The van der Waals surface area contributed by atoms with Crippen molar-refractivity contribution in [2.45, 2.75) is 66.0 Å². The summed E-state index contributed by atoms with van der Waals surface area (Å²) in [6.07, 6.45) is 1.67. The van der Waals surface area contributed by atoms with Crippen LogP contribution in [0, 0.1) is 5.41 Å². The molecule has 0 saturated carbocycles. The van der Waals surface area contributed by atoms with E-state index in [1.54, 1.807) is 0 Å². The molecule has 0 aliphatic rings. The van der Waals surface area contributed by atoms with Crippen molar-refractivity contribution >= 4 is 5.91 Å². The number of rotatable bonds is 12. The van der Waals surface area contributed by atoms with Crippen molar-refractivity contribution in [1.82, 2.24) is 16.0 Å². The van der Waals surface area contributed by atoms with E-state index in [9.17, 15) is 4.79 Å². The topological polar surface area (TPSA) is 62.4 Å². The van der Waals surface area contributed by atoms with E-state index in [0.717, 1.165) is 25.9 Å². The van der Waals surface area contributed by atoms with Gasteiger partial charge in [0, 0.05) is 31.2 Å². The number of carbonyl (C=O) groups is 1. The molecule has 0 aliphatic heterocycles. The average molecular weight is 316 g/mol. The molecule has 0 fully saturated rings. The summed E-state index contributed by atoms with van der Waals surface area (Å²) in [4.78, 5) is 12.2. The van der Waals surface area contributed by atoms with Gasteiger partial charge in [-0.1, -0.05) is 27.7 Å². The molecule has 0 aromatic heterocycles. The highest BCUT2D eigenvalue weighted by Crippen LogP contribution is 2.22. The van der Waals surface area contributed by atoms with Gasteiger partial charge >= 0.3 is 0 Å². The standard InChI is InChI=1S/C17H37N3O2/c1-14(2)19-10-8-11-20-15(21)16(3,4)9-12-22-17(5,6)13-18-7/h14,18-19H,8-13H2,1-7H3,(H,20,21). The summed E-state index contributed by atoms with van der Waals surface area (Å²) in [6, 6.07) is 0.491. The SMILES string of the molecule is CNCC(C)(C)OCCC(C)(C)C(=O)NCCCNC(C)C. The van der Waals surface area contributed by atoms with Gasteiger partial charge in [-0.25, -0.2) is 0 Å². The first-order chi connectivity index (χ1) is 10.1. The van der Waals surface area contributed by atoms with Crippen molar-refractivity contribution in [2.24, 2.45) is 5.41 Å². The summed E-state index contributed by atoms with van der Waals surface area (Å²) in [5.74, 6) is 0.104. The minimum atomic E-state index is -0.402. The van der Waals surface area contributed by atoms with Gasteiger partial charge in [0.25, 0.3) is 0 Å². The van der Waals surface area contributed by atoms with Gasteiger partial charge < -0.3 is 20.7 Å². The highest BCUT2D eigenvalue weighted by Gasteiger charge is 2.28. The Labute approximate surface area is 137 Å². The molecule has 132 valence electrons. The van der Waals surface area contributed by atoms with Crippen LogP contribution in [-0.2, 0) is 9.53 Å². The third-order valence-electron chi connectivity index (χ3n) is 3.63. The van der Waals surface area contributed by atoms with Crippen molar-refractivity contribution in [1.29, 1.82) is 0 Å². The second-order valence-corrected chi connectivity index (χ2v) is 7.49. The molecule has 0 spiro atoms. The maximum absolute atomic E-state index is 12.2. The number of hydrogen-bond acceptors (Lipinski definition) is 4. The van der Waals surface area contributed by atoms with Gasteiger partial charge in [-0.05, 0) is 40.3 Å². The molecule has 5 nitrogen and oxygen atoms in total. The van der Waals surface area contributed by atoms with Gasteiger partial charge in [-0.2, -0.15) is 0 Å². The van der Waals surface area contributed by atoms with Gasteiger partial charge in [0.15, 0.2) is 0 Å². The van der Waals surface area contributed by atoms with Crippen LogP contribution in [0.4, 0.5) is 0 Å². The van der Waals surface area contributed by atoms with Crippen LogP contribution in [-0.4, -0.2) is 50.8 Å². The predicted octanol–water partition coefficient (Wildman–Crippen LogP) is 1.92. The average Bonchev–Trinajstić information content (AvgIpc) is 2.36. The van der Waals surface area contributed by atoms with Crippen molar-refractivity contribution in [2.75, 3.05) is 33.3 Å². The Kier molecular flexibility index (Phi) is 9.89. The van der Waals surface area contributed by atoms with Crippen LogP contribution in [0.25, 0.3) is 0 Å². The normalized spacial score (nSPS) is 12.7. The molecule has 0 aromatic rings. The smallest absolute Gasteiger partial charge is 0.225 e. The molecule has 0 saturated heterocycles. The number of ether oxygens (including phenoxy) is 1. The van der Waals surface area contributed by atoms with E-state index in [0.29, 0.717) is 19.2 Å². The van der Waals surface area contributed by atoms with E-state index in [1.165, 1.54) is 0 Å². The van der Waals surface area contributed by atoms with Crippen LogP contribution >= 0.6 is 0 Å². The lowest BCUT2D eigenvalue weighted by molar-refractivity contribution is -0.131. The van der Waals surface area contributed by atoms with Crippen molar-refractivity contribution < 1.29 is 9.53 Å². The van der Waals surface area contributed by atoms with Gasteiger partial charge in [0.05, 0.1) is 5.60 Å². The Morgan fingerprint density at radius 2 is 1.77 bits per heavy atom. The Morgan fingerprint density at radius 3 is 2.32 bits per heavy atom. The molecule has 0 bridgehead atoms. The molecule has 22 heavy (non-hydrogen) atoms. The fourth-order valence-corrected chi connectivity index (χ4v) is 2.09. The maximum Gasteiger partial charge on any atom is 0.225 e. The fraction of sp³-hybridized carbons (Fsp3) is 0.941. The zero-order valence-corrected chi connectivity index (χ0v) is 15.6. The lowest BCUT2D eigenvalue weighted by Gasteiger charge is -2.28. The molecule has 0 unspecified atom stereocenters. The number of hydrogen-bond donors (Lipinski definition) is 3. The Morgan fingerprint density at radius 1 is 1.14 bits per heavy atom. The Balaban J connectivity index is 3.97. The third-order valence-corrected chi connectivity index (χ3v) is 3.63. The molecule has 0 aliphatic carbocycles. The number of likely N-dealkylation sites (N-methyl/N-ethyl adjacent to an activating group) is 1. The quantitative estimate of drug-likeness (QED) is 0.482. The van der Waals surface area contributed by atoms with E-state index < -0.39 is 5.41 Å². The highest BCUT2D eigenvalue weighted by atomic mass is 16.5. The summed E-state index contributed by atoms with van der Waals surface area (Å²) < 4.78 is 5.87. The number of carbonyl (C=O) groups excluding carboxylic acids is 1. The molecular weight excluding hydrogens is 278 g/mol. The highest BCUT2D eigenvalue weighted by molar-refractivity contribution is 5.81. The van der Waals surface area contributed by atoms with E-state index in [2.05, 4.69) is 43.6 Å². The van der Waals surface area contributed by atoms with Crippen LogP contribution in [0.2, 0.25) is 0 Å². The molecule has 0 rings (SSSR count). The van der Waals surface area contributed by atoms with Crippen LogP contribution in [0.15, 0.2) is 0 Å². The van der Waals surface area contributed by atoms with E-state index in [1.807, 2.05) is 20.9 Å². The zero-order valence-electron chi connectivity index (χ0n) is 15.6. The van der Waals surface area contributed by atoms with Crippen molar-refractivity contribution in [3.8, 4) is 0 Å². The largest absolute Gasteiger partial charge is 0.374 e. The number of nitrogens with one attached hydrogen (secondary N) is 3. The van der Waals surface area contributed by atoms with E-state index >= 15 is 0 Å².